The van der Waals surface area contributed by atoms with E-state index in [2.05, 4.69) is 9.69 Å². The monoisotopic (exact) mass is 222 g/mol. The number of aliphatic carboxylic acids is 1. The van der Waals surface area contributed by atoms with Gasteiger partial charge in [-0.3, -0.25) is 4.79 Å². The molecule has 0 amide bonds. The second-order valence-electron chi connectivity index (χ2n) is 3.23. The number of aromatic nitrogens is 1. The number of carbonyl (C=O) groups is 1. The summed E-state index contributed by atoms with van der Waals surface area (Å²) in [5, 5.41) is 13.5. The maximum absolute atomic E-state index is 10.7. The fraction of sp³-hybridized carbons (Fsp3) is 0.200. The van der Waals surface area contributed by atoms with Crippen LogP contribution in [0.1, 0.15) is 6.92 Å². The minimum atomic E-state index is -0.868. The highest BCUT2D eigenvalue weighted by Crippen LogP contribution is 2.27. The van der Waals surface area contributed by atoms with Crippen LogP contribution in [0.4, 0.5) is 5.00 Å². The first-order chi connectivity index (χ1) is 7.18. The third-order valence-electron chi connectivity index (χ3n) is 2.10. The van der Waals surface area contributed by atoms with Crippen molar-refractivity contribution < 1.29 is 9.90 Å². The van der Waals surface area contributed by atoms with E-state index in [0.29, 0.717) is 0 Å². The lowest BCUT2D eigenvalue weighted by Gasteiger charge is -2.07. The fourth-order valence-electron chi connectivity index (χ4n) is 1.25. The quantitative estimate of drug-likeness (QED) is 0.835. The first-order valence-corrected chi connectivity index (χ1v) is 5.29. The molecule has 2 aromatic rings. The van der Waals surface area contributed by atoms with Crippen LogP contribution in [0, 0.1) is 0 Å². The molecule has 1 heterocycles. The highest BCUT2D eigenvalue weighted by Gasteiger charge is 2.13. The van der Waals surface area contributed by atoms with E-state index in [-0.39, 0.29) is 0 Å². The molecule has 0 spiro atoms. The summed E-state index contributed by atoms with van der Waals surface area (Å²) in [5.74, 6) is -0.868. The summed E-state index contributed by atoms with van der Waals surface area (Å²) < 4.78 is 4.22. The number of nitrogens with one attached hydrogen (secondary N) is 1. The van der Waals surface area contributed by atoms with Gasteiger partial charge in [-0.15, -0.1) is 0 Å². The lowest BCUT2D eigenvalue weighted by Crippen LogP contribution is -2.24. The number of rotatable bonds is 3. The SMILES string of the molecule is CC(Nc1snc2ccccc12)C(=O)O. The van der Waals surface area contributed by atoms with Gasteiger partial charge in [-0.1, -0.05) is 12.1 Å². The van der Waals surface area contributed by atoms with Gasteiger partial charge in [0, 0.05) is 5.39 Å². The third-order valence-corrected chi connectivity index (χ3v) is 2.91. The minimum Gasteiger partial charge on any atom is -0.480 e. The Morgan fingerprint density at radius 1 is 1.53 bits per heavy atom. The summed E-state index contributed by atoms with van der Waals surface area (Å²) in [6.07, 6.45) is 0. The second kappa shape index (κ2) is 3.86. The molecule has 1 aromatic heterocycles. The third kappa shape index (κ3) is 1.92. The Bertz CT molecular complexity index is 495. The van der Waals surface area contributed by atoms with Crippen LogP contribution in [-0.4, -0.2) is 21.5 Å². The van der Waals surface area contributed by atoms with Gasteiger partial charge in [0.2, 0.25) is 0 Å². The van der Waals surface area contributed by atoms with Crippen molar-refractivity contribution in [1.82, 2.24) is 4.37 Å². The van der Waals surface area contributed by atoms with E-state index in [1.54, 1.807) is 6.92 Å². The summed E-state index contributed by atoms with van der Waals surface area (Å²) in [4.78, 5) is 10.7. The Morgan fingerprint density at radius 3 is 3.00 bits per heavy atom. The van der Waals surface area contributed by atoms with E-state index in [9.17, 15) is 4.79 Å². The molecule has 5 heteroatoms. The molecular formula is C10H10N2O2S. The zero-order valence-electron chi connectivity index (χ0n) is 8.10. The zero-order chi connectivity index (χ0) is 10.8. The molecule has 0 bridgehead atoms. The number of hydrogen-bond acceptors (Lipinski definition) is 4. The molecular weight excluding hydrogens is 212 g/mol. The number of nitrogens with zero attached hydrogens (tertiary/aromatic N) is 1. The van der Waals surface area contributed by atoms with E-state index >= 15 is 0 Å². The molecule has 0 aliphatic heterocycles. The second-order valence-corrected chi connectivity index (χ2v) is 4.01. The van der Waals surface area contributed by atoms with Crippen LogP contribution in [0.15, 0.2) is 24.3 Å². The van der Waals surface area contributed by atoms with Gasteiger partial charge in [0.05, 0.1) is 5.52 Å². The molecule has 1 unspecified atom stereocenters. The Balaban J connectivity index is 2.32. The molecule has 78 valence electrons. The van der Waals surface area contributed by atoms with E-state index in [1.165, 1.54) is 11.5 Å². The predicted octanol–water partition coefficient (Wildman–Crippen LogP) is 2.18. The standard InChI is InChI=1S/C10H10N2O2S/c1-6(10(13)14)11-9-7-4-2-3-5-8(7)12-15-9/h2-6,11H,1H3,(H,13,14). The van der Waals surface area contributed by atoms with Gasteiger partial charge in [0.25, 0.3) is 0 Å². The summed E-state index contributed by atoms with van der Waals surface area (Å²) in [6, 6.07) is 7.05. The van der Waals surface area contributed by atoms with Crippen LogP contribution in [0.2, 0.25) is 0 Å². The molecule has 0 aliphatic rings. The molecule has 15 heavy (non-hydrogen) atoms. The molecule has 2 N–H and O–H groups in total. The lowest BCUT2D eigenvalue weighted by molar-refractivity contribution is -0.137. The largest absolute Gasteiger partial charge is 0.480 e. The molecule has 1 atom stereocenters. The number of fused-ring (bicyclic) bond motifs is 1. The molecule has 0 aliphatic carbocycles. The van der Waals surface area contributed by atoms with Gasteiger partial charge in [-0.05, 0) is 30.6 Å². The van der Waals surface area contributed by atoms with Crippen molar-refractivity contribution in [3.05, 3.63) is 24.3 Å². The molecule has 1 aromatic carbocycles. The summed E-state index contributed by atoms with van der Waals surface area (Å²) in [6.45, 7) is 1.61. The maximum Gasteiger partial charge on any atom is 0.325 e. The van der Waals surface area contributed by atoms with E-state index < -0.39 is 12.0 Å². The van der Waals surface area contributed by atoms with Gasteiger partial charge in [-0.2, -0.15) is 4.37 Å². The Morgan fingerprint density at radius 2 is 2.27 bits per heavy atom. The van der Waals surface area contributed by atoms with Crippen molar-refractivity contribution in [2.75, 3.05) is 5.32 Å². The lowest BCUT2D eigenvalue weighted by atomic mass is 10.2. The van der Waals surface area contributed by atoms with Crippen molar-refractivity contribution in [3.8, 4) is 0 Å². The highest BCUT2D eigenvalue weighted by atomic mass is 32.1. The molecule has 0 fully saturated rings. The Kier molecular flexibility index (Phi) is 2.55. The number of carboxylic acid groups (broad SMARTS) is 1. The van der Waals surface area contributed by atoms with Gasteiger partial charge >= 0.3 is 5.97 Å². The van der Waals surface area contributed by atoms with Crippen molar-refractivity contribution in [2.45, 2.75) is 13.0 Å². The number of benzene rings is 1. The molecule has 4 nitrogen and oxygen atoms in total. The Hall–Kier alpha value is -1.62. The highest BCUT2D eigenvalue weighted by molar-refractivity contribution is 7.11. The fourth-order valence-corrected chi connectivity index (χ4v) is 2.10. The summed E-state index contributed by atoms with van der Waals surface area (Å²) >= 11 is 1.28. The van der Waals surface area contributed by atoms with E-state index in [1.807, 2.05) is 24.3 Å². The molecule has 0 saturated carbocycles. The van der Waals surface area contributed by atoms with Crippen LogP contribution >= 0.6 is 11.5 Å². The molecule has 0 radical (unpaired) electrons. The smallest absolute Gasteiger partial charge is 0.325 e. The van der Waals surface area contributed by atoms with Crippen LogP contribution in [0.25, 0.3) is 10.9 Å². The molecule has 0 saturated heterocycles. The van der Waals surface area contributed by atoms with Crippen LogP contribution < -0.4 is 5.32 Å². The Labute approximate surface area is 90.7 Å². The van der Waals surface area contributed by atoms with E-state index in [4.69, 9.17) is 5.11 Å². The number of carboxylic acids is 1. The first-order valence-electron chi connectivity index (χ1n) is 4.52. The van der Waals surface area contributed by atoms with Crippen molar-refractivity contribution in [1.29, 1.82) is 0 Å². The number of hydrogen-bond donors (Lipinski definition) is 2. The minimum absolute atomic E-state index is 0.603. The average molecular weight is 222 g/mol. The van der Waals surface area contributed by atoms with Crippen molar-refractivity contribution in [3.63, 3.8) is 0 Å². The van der Waals surface area contributed by atoms with Gasteiger partial charge < -0.3 is 10.4 Å². The van der Waals surface area contributed by atoms with Gasteiger partial charge in [0.1, 0.15) is 11.0 Å². The number of anilines is 1. The zero-order valence-corrected chi connectivity index (χ0v) is 8.91. The summed E-state index contributed by atoms with van der Waals surface area (Å²) in [7, 11) is 0. The maximum atomic E-state index is 10.7. The van der Waals surface area contributed by atoms with Crippen molar-refractivity contribution in [2.24, 2.45) is 0 Å². The topological polar surface area (TPSA) is 62.2 Å². The predicted molar refractivity (Wildman–Crippen MR) is 60.3 cm³/mol. The van der Waals surface area contributed by atoms with Crippen molar-refractivity contribution >= 4 is 33.4 Å². The molecule has 2 rings (SSSR count). The van der Waals surface area contributed by atoms with Crippen LogP contribution in [0.3, 0.4) is 0 Å². The van der Waals surface area contributed by atoms with E-state index in [0.717, 1.165) is 15.9 Å². The summed E-state index contributed by atoms with van der Waals surface area (Å²) in [5.41, 5.74) is 0.891. The average Bonchev–Trinajstić information content (AvgIpc) is 2.62. The van der Waals surface area contributed by atoms with Gasteiger partial charge in [-0.25, -0.2) is 0 Å². The first kappa shape index (κ1) is 9.92. The van der Waals surface area contributed by atoms with Gasteiger partial charge in [0.15, 0.2) is 0 Å². The van der Waals surface area contributed by atoms with Crippen LogP contribution in [-0.2, 0) is 4.79 Å². The van der Waals surface area contributed by atoms with Crippen LogP contribution in [0.5, 0.6) is 0 Å². The normalized spacial score (nSPS) is 12.6.